The molecule has 0 aromatic carbocycles. The zero-order chi connectivity index (χ0) is 13.0. The van der Waals surface area contributed by atoms with Gasteiger partial charge in [0, 0.05) is 26.6 Å². The lowest BCUT2D eigenvalue weighted by Crippen LogP contribution is -2.38. The Kier molecular flexibility index (Phi) is 4.48. The van der Waals surface area contributed by atoms with Gasteiger partial charge in [-0.15, -0.1) is 0 Å². The highest BCUT2D eigenvalue weighted by Crippen LogP contribution is 2.13. The normalized spacial score (nSPS) is 20.6. The quantitative estimate of drug-likeness (QED) is 0.667. The van der Waals surface area contributed by atoms with Gasteiger partial charge in [-0.3, -0.25) is 14.4 Å². The lowest BCUT2D eigenvalue weighted by Gasteiger charge is -2.22. The Morgan fingerprint density at radius 3 is 2.71 bits per heavy atom. The van der Waals surface area contributed by atoms with Crippen molar-refractivity contribution >= 4 is 17.8 Å². The van der Waals surface area contributed by atoms with E-state index >= 15 is 0 Å². The first-order valence-corrected chi connectivity index (χ1v) is 5.55. The standard InChI is InChI=1S/C11H18N2O4/c1-7(11(16)17-3)6-13(2)10(15)8-4-9(14)12-5-8/h7-8H,4-6H2,1-3H3,(H,12,14). The summed E-state index contributed by atoms with van der Waals surface area (Å²) in [5.41, 5.74) is 0. The summed E-state index contributed by atoms with van der Waals surface area (Å²) in [6, 6.07) is 0. The molecule has 0 aromatic rings. The molecule has 0 bridgehead atoms. The van der Waals surface area contributed by atoms with Crippen LogP contribution in [-0.4, -0.2) is 49.9 Å². The van der Waals surface area contributed by atoms with Gasteiger partial charge in [-0.1, -0.05) is 6.92 Å². The number of amides is 2. The summed E-state index contributed by atoms with van der Waals surface area (Å²) in [4.78, 5) is 35.6. The predicted octanol–water partition coefficient (Wildman–Crippen LogP) is -0.610. The van der Waals surface area contributed by atoms with Crippen LogP contribution in [0.5, 0.6) is 0 Å². The highest BCUT2D eigenvalue weighted by Gasteiger charge is 2.31. The molecule has 17 heavy (non-hydrogen) atoms. The molecule has 0 spiro atoms. The number of rotatable bonds is 4. The molecule has 1 fully saturated rings. The Labute approximate surface area is 100 Å². The van der Waals surface area contributed by atoms with Crippen LogP contribution >= 0.6 is 0 Å². The molecule has 2 amide bonds. The van der Waals surface area contributed by atoms with Crippen molar-refractivity contribution in [2.75, 3.05) is 27.2 Å². The molecule has 1 aliphatic rings. The second kappa shape index (κ2) is 5.65. The molecular formula is C11H18N2O4. The molecule has 2 unspecified atom stereocenters. The molecule has 0 radical (unpaired) electrons. The van der Waals surface area contributed by atoms with Crippen LogP contribution in [0.25, 0.3) is 0 Å². The molecule has 1 N–H and O–H groups in total. The summed E-state index contributed by atoms with van der Waals surface area (Å²) in [6.07, 6.45) is 0.232. The number of carbonyl (C=O) groups is 3. The molecule has 1 heterocycles. The van der Waals surface area contributed by atoms with E-state index < -0.39 is 0 Å². The summed E-state index contributed by atoms with van der Waals surface area (Å²) in [7, 11) is 2.95. The van der Waals surface area contributed by atoms with E-state index in [4.69, 9.17) is 0 Å². The van der Waals surface area contributed by atoms with Crippen molar-refractivity contribution in [2.24, 2.45) is 11.8 Å². The maximum Gasteiger partial charge on any atom is 0.310 e. The Morgan fingerprint density at radius 1 is 1.59 bits per heavy atom. The minimum absolute atomic E-state index is 0.0993. The fourth-order valence-corrected chi connectivity index (χ4v) is 1.87. The van der Waals surface area contributed by atoms with Crippen LogP contribution in [0.3, 0.4) is 0 Å². The summed E-state index contributed by atoms with van der Waals surface area (Å²) in [5.74, 6) is -1.22. The van der Waals surface area contributed by atoms with Crippen LogP contribution in [0.1, 0.15) is 13.3 Å². The van der Waals surface area contributed by atoms with Crippen molar-refractivity contribution in [1.29, 1.82) is 0 Å². The van der Waals surface area contributed by atoms with E-state index in [2.05, 4.69) is 10.1 Å². The van der Waals surface area contributed by atoms with E-state index in [1.54, 1.807) is 14.0 Å². The van der Waals surface area contributed by atoms with Gasteiger partial charge in [0.15, 0.2) is 0 Å². The van der Waals surface area contributed by atoms with Crippen molar-refractivity contribution in [3.63, 3.8) is 0 Å². The molecular weight excluding hydrogens is 224 g/mol. The van der Waals surface area contributed by atoms with E-state index in [-0.39, 0.29) is 36.0 Å². The minimum atomic E-state index is -0.362. The first kappa shape index (κ1) is 13.5. The van der Waals surface area contributed by atoms with Gasteiger partial charge < -0.3 is 15.0 Å². The smallest absolute Gasteiger partial charge is 0.310 e. The van der Waals surface area contributed by atoms with Crippen LogP contribution in [-0.2, 0) is 19.1 Å². The second-order valence-corrected chi connectivity index (χ2v) is 4.35. The number of hydrogen-bond acceptors (Lipinski definition) is 4. The Bertz CT molecular complexity index is 329. The number of carbonyl (C=O) groups excluding carboxylic acids is 3. The van der Waals surface area contributed by atoms with Crippen molar-refractivity contribution in [1.82, 2.24) is 10.2 Å². The number of ether oxygens (including phenoxy) is 1. The maximum absolute atomic E-state index is 11.9. The van der Waals surface area contributed by atoms with Crippen molar-refractivity contribution in [3.8, 4) is 0 Å². The summed E-state index contributed by atoms with van der Waals surface area (Å²) in [5, 5.41) is 2.61. The highest BCUT2D eigenvalue weighted by atomic mass is 16.5. The molecule has 2 atom stereocenters. The number of nitrogens with zero attached hydrogens (tertiary/aromatic N) is 1. The number of hydrogen-bond donors (Lipinski definition) is 1. The van der Waals surface area contributed by atoms with Gasteiger partial charge in [0.05, 0.1) is 18.9 Å². The molecule has 0 aliphatic carbocycles. The van der Waals surface area contributed by atoms with Crippen LogP contribution in [0.15, 0.2) is 0 Å². The third-order valence-corrected chi connectivity index (χ3v) is 2.85. The number of methoxy groups -OCH3 is 1. The van der Waals surface area contributed by atoms with Crippen LogP contribution in [0.2, 0.25) is 0 Å². The van der Waals surface area contributed by atoms with Crippen LogP contribution in [0.4, 0.5) is 0 Å². The SMILES string of the molecule is COC(=O)C(C)CN(C)C(=O)C1CNC(=O)C1. The van der Waals surface area contributed by atoms with Crippen LogP contribution < -0.4 is 5.32 Å². The number of nitrogens with one attached hydrogen (secondary N) is 1. The molecule has 6 nitrogen and oxygen atoms in total. The average Bonchev–Trinajstić information content (AvgIpc) is 2.73. The Morgan fingerprint density at radius 2 is 2.24 bits per heavy atom. The van der Waals surface area contributed by atoms with Gasteiger partial charge in [-0.25, -0.2) is 0 Å². The van der Waals surface area contributed by atoms with E-state index in [1.165, 1.54) is 12.0 Å². The summed E-state index contributed by atoms with van der Waals surface area (Å²) in [6.45, 7) is 2.39. The van der Waals surface area contributed by atoms with Gasteiger partial charge in [-0.05, 0) is 0 Å². The molecule has 1 saturated heterocycles. The lowest BCUT2D eigenvalue weighted by molar-refractivity contribution is -0.146. The third kappa shape index (κ3) is 3.44. The van der Waals surface area contributed by atoms with Gasteiger partial charge in [-0.2, -0.15) is 0 Å². The minimum Gasteiger partial charge on any atom is -0.469 e. The fraction of sp³-hybridized carbons (Fsp3) is 0.727. The van der Waals surface area contributed by atoms with Gasteiger partial charge in [0.25, 0.3) is 0 Å². The monoisotopic (exact) mass is 242 g/mol. The summed E-state index contributed by atoms with van der Waals surface area (Å²) < 4.78 is 4.59. The molecule has 0 saturated carbocycles. The Hall–Kier alpha value is -1.59. The van der Waals surface area contributed by atoms with E-state index in [0.29, 0.717) is 13.1 Å². The van der Waals surface area contributed by atoms with E-state index in [0.717, 1.165) is 0 Å². The van der Waals surface area contributed by atoms with E-state index in [9.17, 15) is 14.4 Å². The van der Waals surface area contributed by atoms with Gasteiger partial charge in [0.2, 0.25) is 11.8 Å². The van der Waals surface area contributed by atoms with Crippen molar-refractivity contribution < 1.29 is 19.1 Å². The van der Waals surface area contributed by atoms with Gasteiger partial charge >= 0.3 is 5.97 Å². The Balaban J connectivity index is 2.47. The fourth-order valence-electron chi connectivity index (χ4n) is 1.87. The first-order chi connectivity index (χ1) is 7.95. The summed E-state index contributed by atoms with van der Waals surface area (Å²) >= 11 is 0. The topological polar surface area (TPSA) is 75.7 Å². The van der Waals surface area contributed by atoms with Crippen molar-refractivity contribution in [2.45, 2.75) is 13.3 Å². The van der Waals surface area contributed by atoms with Crippen LogP contribution in [0, 0.1) is 11.8 Å². The largest absolute Gasteiger partial charge is 0.469 e. The third-order valence-electron chi connectivity index (χ3n) is 2.85. The second-order valence-electron chi connectivity index (χ2n) is 4.35. The maximum atomic E-state index is 11.9. The molecule has 1 rings (SSSR count). The first-order valence-electron chi connectivity index (χ1n) is 5.55. The number of esters is 1. The molecule has 96 valence electrons. The predicted molar refractivity (Wildman–Crippen MR) is 59.9 cm³/mol. The highest BCUT2D eigenvalue weighted by molar-refractivity contribution is 5.89. The molecule has 0 aromatic heterocycles. The van der Waals surface area contributed by atoms with Gasteiger partial charge in [0.1, 0.15) is 0 Å². The van der Waals surface area contributed by atoms with Crippen molar-refractivity contribution in [3.05, 3.63) is 0 Å². The zero-order valence-electron chi connectivity index (χ0n) is 10.4. The zero-order valence-corrected chi connectivity index (χ0v) is 10.4. The average molecular weight is 242 g/mol. The molecule has 6 heteroatoms. The lowest BCUT2D eigenvalue weighted by atomic mass is 10.1. The van der Waals surface area contributed by atoms with E-state index in [1.807, 2.05) is 0 Å². The molecule has 1 aliphatic heterocycles.